The Hall–Kier alpha value is -3.81. The summed E-state index contributed by atoms with van der Waals surface area (Å²) in [6.45, 7) is 0.929. The van der Waals surface area contributed by atoms with Crippen molar-refractivity contribution in [3.63, 3.8) is 0 Å². The fraction of sp³-hybridized carbons (Fsp3) is 0.265. The molecule has 5 atom stereocenters. The molecule has 1 N–H and O–H groups in total. The van der Waals surface area contributed by atoms with Crippen LogP contribution in [0, 0.1) is 0 Å². The second kappa shape index (κ2) is 14.0. The first kappa shape index (κ1) is 27.7. The van der Waals surface area contributed by atoms with E-state index in [1.165, 1.54) is 0 Å². The van der Waals surface area contributed by atoms with Crippen molar-refractivity contribution in [2.75, 3.05) is 0 Å². The molecule has 1 aliphatic rings. The summed E-state index contributed by atoms with van der Waals surface area (Å²) in [4.78, 5) is 13.2. The Morgan fingerprint density at radius 1 is 0.575 bits per heavy atom. The van der Waals surface area contributed by atoms with Gasteiger partial charge in [-0.1, -0.05) is 109 Å². The van der Waals surface area contributed by atoms with Crippen LogP contribution in [0.5, 0.6) is 0 Å². The van der Waals surface area contributed by atoms with Crippen molar-refractivity contribution in [3.05, 3.63) is 144 Å². The number of rotatable bonds is 11. The van der Waals surface area contributed by atoms with Gasteiger partial charge in [0.25, 0.3) is 0 Å². The van der Waals surface area contributed by atoms with Gasteiger partial charge in [-0.25, -0.2) is 4.79 Å². The number of aliphatic hydroxyl groups is 1. The Kier molecular flexibility index (Phi) is 9.72. The normalized spacial score (nSPS) is 22.5. The average Bonchev–Trinajstić information content (AvgIpc) is 3.02. The van der Waals surface area contributed by atoms with E-state index in [1.807, 2.05) is 97.1 Å². The number of hydrogen-bond acceptors (Lipinski definition) is 6. The summed E-state index contributed by atoms with van der Waals surface area (Å²) in [5, 5.41) is 11.5. The lowest BCUT2D eigenvalue weighted by atomic mass is 9.86. The van der Waals surface area contributed by atoms with Gasteiger partial charge in [-0.05, 0) is 28.8 Å². The topological polar surface area (TPSA) is 74.2 Å². The predicted octanol–water partition coefficient (Wildman–Crippen LogP) is 5.73. The highest BCUT2D eigenvalue weighted by atomic mass is 16.6. The SMILES string of the molecule is O=C(O[C@H]1[C@@H](O)[C@@H](OCc2ccccc2)C[C@@H](OCc2ccccc2)[C@@H]1OCc1ccccc1)c1ccccc1. The van der Waals surface area contributed by atoms with Crippen LogP contribution >= 0.6 is 0 Å². The maximum absolute atomic E-state index is 13.2. The van der Waals surface area contributed by atoms with Crippen molar-refractivity contribution in [2.24, 2.45) is 0 Å². The predicted molar refractivity (Wildman–Crippen MR) is 151 cm³/mol. The summed E-state index contributed by atoms with van der Waals surface area (Å²) < 4.78 is 25.0. The third-order valence-corrected chi connectivity index (χ3v) is 7.02. The Labute approximate surface area is 235 Å². The van der Waals surface area contributed by atoms with Crippen molar-refractivity contribution in [1.29, 1.82) is 0 Å². The summed E-state index contributed by atoms with van der Waals surface area (Å²) in [5.41, 5.74) is 3.35. The van der Waals surface area contributed by atoms with Gasteiger partial charge < -0.3 is 24.1 Å². The molecule has 206 valence electrons. The van der Waals surface area contributed by atoms with Gasteiger partial charge in [-0.15, -0.1) is 0 Å². The Balaban J connectivity index is 1.40. The first-order chi connectivity index (χ1) is 19.7. The number of carbonyl (C=O) groups is 1. The Bertz CT molecular complexity index is 1300. The van der Waals surface area contributed by atoms with E-state index in [2.05, 4.69) is 0 Å². The molecule has 1 fully saturated rings. The van der Waals surface area contributed by atoms with Crippen LogP contribution in [0.4, 0.5) is 0 Å². The highest BCUT2D eigenvalue weighted by Crippen LogP contribution is 2.32. The number of ether oxygens (including phenoxy) is 4. The van der Waals surface area contributed by atoms with E-state index >= 15 is 0 Å². The largest absolute Gasteiger partial charge is 0.453 e. The molecule has 6 nitrogen and oxygen atoms in total. The number of esters is 1. The number of benzene rings is 4. The molecule has 5 rings (SSSR count). The zero-order chi connectivity index (χ0) is 27.6. The molecule has 0 heterocycles. The zero-order valence-electron chi connectivity index (χ0n) is 22.3. The minimum absolute atomic E-state index is 0.276. The number of carbonyl (C=O) groups excluding carboxylic acids is 1. The molecule has 0 spiro atoms. The maximum atomic E-state index is 13.2. The molecule has 6 heteroatoms. The van der Waals surface area contributed by atoms with Crippen molar-refractivity contribution in [3.8, 4) is 0 Å². The van der Waals surface area contributed by atoms with Crippen molar-refractivity contribution < 1.29 is 28.8 Å². The molecule has 1 saturated carbocycles. The van der Waals surface area contributed by atoms with E-state index in [-0.39, 0.29) is 6.61 Å². The third-order valence-electron chi connectivity index (χ3n) is 7.02. The van der Waals surface area contributed by atoms with Gasteiger partial charge in [0.05, 0.1) is 37.6 Å². The Morgan fingerprint density at radius 2 is 1.00 bits per heavy atom. The van der Waals surface area contributed by atoms with Gasteiger partial charge in [-0.3, -0.25) is 0 Å². The smallest absolute Gasteiger partial charge is 0.338 e. The van der Waals surface area contributed by atoms with Crippen LogP contribution < -0.4 is 0 Å². The van der Waals surface area contributed by atoms with E-state index in [0.717, 1.165) is 16.7 Å². The minimum Gasteiger partial charge on any atom is -0.453 e. The van der Waals surface area contributed by atoms with Crippen LogP contribution in [0.25, 0.3) is 0 Å². The molecule has 0 unspecified atom stereocenters. The minimum atomic E-state index is -1.12. The maximum Gasteiger partial charge on any atom is 0.338 e. The van der Waals surface area contributed by atoms with Gasteiger partial charge in [-0.2, -0.15) is 0 Å². The lowest BCUT2D eigenvalue weighted by Gasteiger charge is -2.43. The van der Waals surface area contributed by atoms with E-state index in [9.17, 15) is 9.90 Å². The quantitative estimate of drug-likeness (QED) is 0.246. The fourth-order valence-corrected chi connectivity index (χ4v) is 4.88. The first-order valence-corrected chi connectivity index (χ1v) is 13.6. The van der Waals surface area contributed by atoms with Gasteiger partial charge in [0.2, 0.25) is 0 Å². The summed E-state index contributed by atoms with van der Waals surface area (Å²) >= 11 is 0. The summed E-state index contributed by atoms with van der Waals surface area (Å²) in [6.07, 6.45) is -3.60. The molecule has 1 aliphatic carbocycles. The van der Waals surface area contributed by atoms with Crippen molar-refractivity contribution in [2.45, 2.75) is 56.8 Å². The molecule has 0 radical (unpaired) electrons. The van der Waals surface area contributed by atoms with E-state index in [1.54, 1.807) is 24.3 Å². The second-order valence-corrected chi connectivity index (χ2v) is 9.89. The van der Waals surface area contributed by atoms with Crippen molar-refractivity contribution >= 4 is 5.97 Å². The lowest BCUT2D eigenvalue weighted by Crippen LogP contribution is -2.59. The molecule has 0 bridgehead atoms. The van der Waals surface area contributed by atoms with Crippen molar-refractivity contribution in [1.82, 2.24) is 0 Å². The molecule has 4 aromatic carbocycles. The molecular weight excluding hydrogens is 504 g/mol. The summed E-state index contributed by atoms with van der Waals surface area (Å²) in [6, 6.07) is 38.2. The standard InChI is InChI=1S/C34H34O6/c35-31-29(37-22-25-13-5-1-6-14-25)21-30(38-23-26-15-7-2-8-16-26)32(39-24-27-17-9-3-10-18-27)33(31)40-34(36)28-19-11-4-12-20-28/h1-20,29-33,35H,21-24H2/t29-,30+,31-,32-,33-/m0/s1. The lowest BCUT2D eigenvalue weighted by molar-refractivity contribution is -0.221. The highest BCUT2D eigenvalue weighted by Gasteiger charge is 2.48. The van der Waals surface area contributed by atoms with Gasteiger partial charge in [0.1, 0.15) is 12.2 Å². The van der Waals surface area contributed by atoms with Gasteiger partial charge in [0, 0.05) is 6.42 Å². The molecule has 0 aromatic heterocycles. The molecule has 0 aliphatic heterocycles. The van der Waals surface area contributed by atoms with Crippen LogP contribution in [0.15, 0.2) is 121 Å². The second-order valence-electron chi connectivity index (χ2n) is 9.89. The number of aliphatic hydroxyl groups excluding tert-OH is 1. The van der Waals surface area contributed by atoms with E-state index < -0.39 is 36.5 Å². The van der Waals surface area contributed by atoms with Crippen LogP contribution in [0.3, 0.4) is 0 Å². The molecule has 4 aromatic rings. The fourth-order valence-electron chi connectivity index (χ4n) is 4.88. The molecule has 0 amide bonds. The highest BCUT2D eigenvalue weighted by molar-refractivity contribution is 5.89. The Morgan fingerprint density at radius 3 is 1.50 bits per heavy atom. The summed E-state index contributed by atoms with van der Waals surface area (Å²) in [5.74, 6) is -0.538. The zero-order valence-corrected chi connectivity index (χ0v) is 22.3. The molecule has 40 heavy (non-hydrogen) atoms. The molecular formula is C34H34O6. The monoisotopic (exact) mass is 538 g/mol. The van der Waals surface area contributed by atoms with Crippen LogP contribution in [-0.4, -0.2) is 41.6 Å². The van der Waals surface area contributed by atoms with Crippen LogP contribution in [-0.2, 0) is 38.8 Å². The first-order valence-electron chi connectivity index (χ1n) is 13.6. The van der Waals surface area contributed by atoms with E-state index in [0.29, 0.717) is 25.2 Å². The van der Waals surface area contributed by atoms with Crippen LogP contribution in [0.2, 0.25) is 0 Å². The average molecular weight is 539 g/mol. The van der Waals surface area contributed by atoms with Gasteiger partial charge >= 0.3 is 5.97 Å². The molecule has 0 saturated heterocycles. The van der Waals surface area contributed by atoms with E-state index in [4.69, 9.17) is 18.9 Å². The number of hydrogen-bond donors (Lipinski definition) is 1. The third kappa shape index (κ3) is 7.43. The van der Waals surface area contributed by atoms with Crippen LogP contribution in [0.1, 0.15) is 33.5 Å². The summed E-state index contributed by atoms with van der Waals surface area (Å²) in [7, 11) is 0. The van der Waals surface area contributed by atoms with Gasteiger partial charge in [0.15, 0.2) is 6.10 Å².